The van der Waals surface area contributed by atoms with Gasteiger partial charge in [-0.15, -0.1) is 0 Å². The summed E-state index contributed by atoms with van der Waals surface area (Å²) in [4.78, 5) is 0.426. The van der Waals surface area contributed by atoms with Gasteiger partial charge >= 0.3 is 0 Å². The van der Waals surface area contributed by atoms with E-state index in [2.05, 4.69) is 0 Å². The Morgan fingerprint density at radius 3 is 2.11 bits per heavy atom. The number of sulfone groups is 1. The van der Waals surface area contributed by atoms with Crippen LogP contribution in [0.1, 0.15) is 13.8 Å². The van der Waals surface area contributed by atoms with Gasteiger partial charge in [0.25, 0.3) is 0 Å². The predicted molar refractivity (Wildman–Crippen MR) is 78.8 cm³/mol. The molecule has 0 atom stereocenters. The topological polar surface area (TPSA) is 34.1 Å². The summed E-state index contributed by atoms with van der Waals surface area (Å²) in [5.41, 5.74) is 1.72. The molecule has 2 aromatic carbocycles. The SMILES string of the molecule is CC(C)CS(=O)(=O)c1ccccc1-c1ccccc1. The summed E-state index contributed by atoms with van der Waals surface area (Å²) < 4.78 is 24.9. The normalized spacial score (nSPS) is 11.7. The molecular formula is C16H18O2S. The van der Waals surface area contributed by atoms with E-state index in [1.165, 1.54) is 0 Å². The summed E-state index contributed by atoms with van der Waals surface area (Å²) in [5, 5.41) is 0. The maximum absolute atomic E-state index is 12.4. The molecule has 0 amide bonds. The monoisotopic (exact) mass is 274 g/mol. The zero-order chi connectivity index (χ0) is 13.9. The molecule has 19 heavy (non-hydrogen) atoms. The maximum atomic E-state index is 12.4. The summed E-state index contributed by atoms with van der Waals surface area (Å²) in [6.07, 6.45) is 0. The number of hydrogen-bond acceptors (Lipinski definition) is 2. The van der Waals surface area contributed by atoms with Crippen molar-refractivity contribution in [1.29, 1.82) is 0 Å². The molecule has 2 nitrogen and oxygen atoms in total. The lowest BCUT2D eigenvalue weighted by Gasteiger charge is -2.12. The molecule has 100 valence electrons. The molecule has 0 saturated carbocycles. The molecule has 0 N–H and O–H groups in total. The third kappa shape index (κ3) is 3.24. The van der Waals surface area contributed by atoms with Crippen molar-refractivity contribution in [3.8, 4) is 11.1 Å². The molecule has 0 heterocycles. The Morgan fingerprint density at radius 1 is 0.895 bits per heavy atom. The molecule has 0 spiro atoms. The summed E-state index contributed by atoms with van der Waals surface area (Å²) >= 11 is 0. The standard InChI is InChI=1S/C16H18O2S/c1-13(2)12-19(17,18)16-11-7-6-10-15(16)14-8-4-3-5-9-14/h3-11,13H,12H2,1-2H3. The Kier molecular flexibility index (Phi) is 4.05. The van der Waals surface area contributed by atoms with Gasteiger partial charge in [0.2, 0.25) is 0 Å². The highest BCUT2D eigenvalue weighted by atomic mass is 32.2. The van der Waals surface area contributed by atoms with E-state index >= 15 is 0 Å². The summed E-state index contributed by atoms with van der Waals surface area (Å²) in [7, 11) is -3.24. The van der Waals surface area contributed by atoms with Crippen molar-refractivity contribution in [3.63, 3.8) is 0 Å². The molecule has 0 aliphatic carbocycles. The zero-order valence-electron chi connectivity index (χ0n) is 11.2. The Labute approximate surface area is 115 Å². The van der Waals surface area contributed by atoms with Gasteiger partial charge in [-0.2, -0.15) is 0 Å². The van der Waals surface area contributed by atoms with Crippen LogP contribution in [0.25, 0.3) is 11.1 Å². The van der Waals surface area contributed by atoms with Gasteiger partial charge in [0.15, 0.2) is 9.84 Å². The molecule has 0 aliphatic heterocycles. The first-order valence-electron chi connectivity index (χ1n) is 6.38. The average molecular weight is 274 g/mol. The minimum Gasteiger partial charge on any atom is -0.224 e. The minimum absolute atomic E-state index is 0.119. The predicted octanol–water partition coefficient (Wildman–Crippen LogP) is 3.78. The van der Waals surface area contributed by atoms with Crippen molar-refractivity contribution < 1.29 is 8.42 Å². The molecule has 0 fully saturated rings. The second-order valence-corrected chi connectivity index (χ2v) is 7.04. The fraction of sp³-hybridized carbons (Fsp3) is 0.250. The van der Waals surface area contributed by atoms with E-state index in [0.717, 1.165) is 11.1 Å². The van der Waals surface area contributed by atoms with Crippen LogP contribution in [0.5, 0.6) is 0 Å². The number of hydrogen-bond donors (Lipinski definition) is 0. The minimum atomic E-state index is -3.24. The van der Waals surface area contributed by atoms with Crippen molar-refractivity contribution in [1.82, 2.24) is 0 Å². The van der Waals surface area contributed by atoms with Gasteiger partial charge in [0, 0.05) is 5.56 Å². The van der Waals surface area contributed by atoms with Crippen LogP contribution >= 0.6 is 0 Å². The van der Waals surface area contributed by atoms with Crippen molar-refractivity contribution in [3.05, 3.63) is 54.6 Å². The van der Waals surface area contributed by atoms with E-state index in [9.17, 15) is 8.42 Å². The van der Waals surface area contributed by atoms with Crippen LogP contribution in [0.2, 0.25) is 0 Å². The Bertz CT molecular complexity index is 643. The largest absolute Gasteiger partial charge is 0.224 e. The quantitative estimate of drug-likeness (QED) is 0.850. The number of rotatable bonds is 4. The van der Waals surface area contributed by atoms with Crippen molar-refractivity contribution in [2.24, 2.45) is 5.92 Å². The maximum Gasteiger partial charge on any atom is 0.179 e. The van der Waals surface area contributed by atoms with Crippen molar-refractivity contribution >= 4 is 9.84 Å². The summed E-state index contributed by atoms with van der Waals surface area (Å²) in [5.74, 6) is 0.297. The highest BCUT2D eigenvalue weighted by Crippen LogP contribution is 2.28. The Hall–Kier alpha value is -1.61. The number of benzene rings is 2. The Morgan fingerprint density at radius 2 is 1.47 bits per heavy atom. The molecule has 0 aromatic heterocycles. The van der Waals surface area contributed by atoms with Gasteiger partial charge in [-0.3, -0.25) is 0 Å². The molecule has 0 bridgehead atoms. The van der Waals surface area contributed by atoms with Gasteiger partial charge in [0.05, 0.1) is 10.6 Å². The molecular weight excluding hydrogens is 256 g/mol. The van der Waals surface area contributed by atoms with Crippen LogP contribution in [0.15, 0.2) is 59.5 Å². The van der Waals surface area contributed by atoms with Gasteiger partial charge in [-0.25, -0.2) is 8.42 Å². The molecule has 0 aliphatic rings. The molecule has 2 aromatic rings. The third-order valence-corrected chi connectivity index (χ3v) is 4.99. The van der Waals surface area contributed by atoms with E-state index in [-0.39, 0.29) is 11.7 Å². The van der Waals surface area contributed by atoms with Crippen LogP contribution < -0.4 is 0 Å². The fourth-order valence-corrected chi connectivity index (χ4v) is 3.99. The first-order valence-corrected chi connectivity index (χ1v) is 8.03. The smallest absolute Gasteiger partial charge is 0.179 e. The van der Waals surface area contributed by atoms with Crippen LogP contribution in [0.3, 0.4) is 0 Å². The second-order valence-electron chi connectivity index (χ2n) is 5.04. The van der Waals surface area contributed by atoms with Gasteiger partial charge in [0.1, 0.15) is 0 Å². The van der Waals surface area contributed by atoms with Gasteiger partial charge < -0.3 is 0 Å². The summed E-state index contributed by atoms with van der Waals surface area (Å²) in [6, 6.07) is 16.8. The van der Waals surface area contributed by atoms with Gasteiger partial charge in [-0.1, -0.05) is 62.4 Å². The van der Waals surface area contributed by atoms with Crippen LogP contribution in [-0.4, -0.2) is 14.2 Å². The zero-order valence-corrected chi connectivity index (χ0v) is 12.0. The lowest BCUT2D eigenvalue weighted by molar-refractivity contribution is 0.582. The second kappa shape index (κ2) is 5.57. The van der Waals surface area contributed by atoms with Gasteiger partial charge in [-0.05, 0) is 17.5 Å². The molecule has 3 heteroatoms. The first kappa shape index (κ1) is 13.8. The average Bonchev–Trinajstić information content (AvgIpc) is 2.38. The third-order valence-electron chi connectivity index (χ3n) is 2.86. The highest BCUT2D eigenvalue weighted by Gasteiger charge is 2.20. The molecule has 0 saturated heterocycles. The summed E-state index contributed by atoms with van der Waals surface area (Å²) in [6.45, 7) is 3.84. The highest BCUT2D eigenvalue weighted by molar-refractivity contribution is 7.91. The fourth-order valence-electron chi connectivity index (χ4n) is 2.12. The van der Waals surface area contributed by atoms with Crippen molar-refractivity contribution in [2.45, 2.75) is 18.7 Å². The van der Waals surface area contributed by atoms with E-state index in [1.54, 1.807) is 12.1 Å². The van der Waals surface area contributed by atoms with E-state index < -0.39 is 9.84 Å². The van der Waals surface area contributed by atoms with Crippen LogP contribution in [0.4, 0.5) is 0 Å². The van der Waals surface area contributed by atoms with E-state index in [0.29, 0.717) is 4.90 Å². The van der Waals surface area contributed by atoms with Crippen molar-refractivity contribution in [2.75, 3.05) is 5.75 Å². The van der Waals surface area contributed by atoms with Crippen LogP contribution in [-0.2, 0) is 9.84 Å². The molecule has 0 unspecified atom stereocenters. The van der Waals surface area contributed by atoms with E-state index in [1.807, 2.05) is 56.3 Å². The lowest BCUT2D eigenvalue weighted by atomic mass is 10.1. The first-order chi connectivity index (χ1) is 9.00. The van der Waals surface area contributed by atoms with E-state index in [4.69, 9.17) is 0 Å². The Balaban J connectivity index is 2.54. The van der Waals surface area contributed by atoms with Crippen LogP contribution in [0, 0.1) is 5.92 Å². The molecule has 0 radical (unpaired) electrons. The molecule has 2 rings (SSSR count). The lowest BCUT2D eigenvalue weighted by Crippen LogP contribution is -2.12.